The Balaban J connectivity index is 2.34. The van der Waals surface area contributed by atoms with Gasteiger partial charge in [0.25, 0.3) is 5.91 Å². The Labute approximate surface area is 139 Å². The number of amides is 1. The lowest BCUT2D eigenvalue weighted by molar-refractivity contribution is -0.121. The number of hydrogen-bond acceptors (Lipinski definition) is 2. The van der Waals surface area contributed by atoms with Crippen LogP contribution in [0.4, 0.5) is 14.5 Å². The summed E-state index contributed by atoms with van der Waals surface area (Å²) in [5.74, 6) is -3.14. The van der Waals surface area contributed by atoms with Gasteiger partial charge in [0.15, 0.2) is 5.78 Å². The van der Waals surface area contributed by atoms with Crippen molar-refractivity contribution in [3.05, 3.63) is 71.3 Å². The van der Waals surface area contributed by atoms with E-state index in [0.717, 1.165) is 12.1 Å². The molecule has 0 unspecified atom stereocenters. The molecule has 0 saturated carbocycles. The first-order valence-corrected chi connectivity index (χ1v) is 7.46. The number of ketones is 1. The molecule has 0 fully saturated rings. The quantitative estimate of drug-likeness (QED) is 0.507. The highest BCUT2D eigenvalue weighted by molar-refractivity contribution is 6.26. The average Bonchev–Trinajstić information content (AvgIpc) is 2.55. The van der Waals surface area contributed by atoms with Crippen molar-refractivity contribution in [3.8, 4) is 0 Å². The summed E-state index contributed by atoms with van der Waals surface area (Å²) < 4.78 is 26.6. The van der Waals surface area contributed by atoms with Crippen molar-refractivity contribution in [1.29, 1.82) is 0 Å². The lowest BCUT2D eigenvalue weighted by atomic mass is 9.98. The smallest absolute Gasteiger partial charge is 0.259 e. The molecule has 24 heavy (non-hydrogen) atoms. The normalized spacial score (nSPS) is 11.5. The van der Waals surface area contributed by atoms with Crippen LogP contribution in [0.3, 0.4) is 0 Å². The summed E-state index contributed by atoms with van der Waals surface area (Å²) in [6, 6.07) is 11.7. The number of Topliss-reactive ketones (excluding diaryl/α,β-unsaturated/α-hetero) is 1. The van der Waals surface area contributed by atoms with Gasteiger partial charge in [-0.1, -0.05) is 44.2 Å². The summed E-state index contributed by atoms with van der Waals surface area (Å²) in [5.41, 5.74) is 0.410. The fourth-order valence-corrected chi connectivity index (χ4v) is 2.06. The van der Waals surface area contributed by atoms with Gasteiger partial charge in [-0.05, 0) is 23.8 Å². The third kappa shape index (κ3) is 4.35. The maximum Gasteiger partial charge on any atom is 0.259 e. The molecule has 0 atom stereocenters. The zero-order valence-electron chi connectivity index (χ0n) is 13.3. The molecule has 2 rings (SSSR count). The minimum atomic E-state index is -0.903. The van der Waals surface area contributed by atoms with Crippen LogP contribution in [-0.2, 0) is 9.59 Å². The van der Waals surface area contributed by atoms with E-state index in [0.29, 0.717) is 11.6 Å². The van der Waals surface area contributed by atoms with E-state index in [1.54, 1.807) is 38.1 Å². The number of carbonyl (C=O) groups excluding carboxylic acids is 2. The Bertz CT molecular complexity index is 783. The van der Waals surface area contributed by atoms with E-state index in [4.69, 9.17) is 0 Å². The summed E-state index contributed by atoms with van der Waals surface area (Å²) in [6.45, 7) is 3.35. The summed E-state index contributed by atoms with van der Waals surface area (Å²) >= 11 is 0. The number of halogens is 2. The monoisotopic (exact) mass is 329 g/mol. The molecule has 0 aliphatic carbocycles. The lowest BCUT2D eigenvalue weighted by Crippen LogP contribution is -2.24. The summed E-state index contributed by atoms with van der Waals surface area (Å²) in [4.78, 5) is 24.8. The van der Waals surface area contributed by atoms with Crippen molar-refractivity contribution < 1.29 is 18.4 Å². The van der Waals surface area contributed by atoms with Gasteiger partial charge in [0.1, 0.15) is 11.6 Å². The number of hydrogen-bond donors (Lipinski definition) is 1. The molecule has 0 radical (unpaired) electrons. The van der Waals surface area contributed by atoms with Crippen molar-refractivity contribution in [2.45, 2.75) is 13.8 Å². The Kier molecular flexibility index (Phi) is 5.58. The maximum atomic E-state index is 13.7. The van der Waals surface area contributed by atoms with Gasteiger partial charge >= 0.3 is 0 Å². The molecule has 124 valence electrons. The van der Waals surface area contributed by atoms with Crippen molar-refractivity contribution in [2.75, 3.05) is 5.32 Å². The zero-order chi connectivity index (χ0) is 17.7. The molecule has 1 amide bonds. The van der Waals surface area contributed by atoms with Crippen LogP contribution in [-0.4, -0.2) is 11.7 Å². The Hall–Kier alpha value is -2.82. The highest BCUT2D eigenvalue weighted by Gasteiger charge is 2.22. The summed E-state index contributed by atoms with van der Waals surface area (Å²) in [5, 5.41) is 2.32. The number of carbonyl (C=O) groups is 2. The fourth-order valence-electron chi connectivity index (χ4n) is 2.06. The van der Waals surface area contributed by atoms with Crippen molar-refractivity contribution in [2.24, 2.45) is 5.92 Å². The molecular weight excluding hydrogens is 312 g/mol. The van der Waals surface area contributed by atoms with Crippen LogP contribution in [0.25, 0.3) is 6.08 Å². The Morgan fingerprint density at radius 2 is 1.71 bits per heavy atom. The van der Waals surface area contributed by atoms with Gasteiger partial charge in [0.2, 0.25) is 0 Å². The fraction of sp³-hybridized carbons (Fsp3) is 0.158. The van der Waals surface area contributed by atoms with Crippen LogP contribution < -0.4 is 5.32 Å². The van der Waals surface area contributed by atoms with Gasteiger partial charge in [-0.25, -0.2) is 8.78 Å². The van der Waals surface area contributed by atoms with Gasteiger partial charge in [0, 0.05) is 12.0 Å². The molecule has 0 spiro atoms. The predicted molar refractivity (Wildman–Crippen MR) is 89.3 cm³/mol. The number of nitrogens with one attached hydrogen (secondary N) is 1. The molecule has 0 aromatic heterocycles. The second-order valence-electron chi connectivity index (χ2n) is 5.57. The van der Waals surface area contributed by atoms with Gasteiger partial charge in [-0.3, -0.25) is 9.59 Å². The van der Waals surface area contributed by atoms with Crippen LogP contribution in [0.2, 0.25) is 0 Å². The molecule has 0 bridgehead atoms. The number of rotatable bonds is 5. The second-order valence-corrected chi connectivity index (χ2v) is 5.57. The molecule has 0 aliphatic heterocycles. The van der Waals surface area contributed by atoms with Crippen molar-refractivity contribution >= 4 is 23.5 Å². The minimum Gasteiger partial charge on any atom is -0.319 e. The third-order valence-electron chi connectivity index (χ3n) is 3.32. The number of anilines is 1. The van der Waals surface area contributed by atoms with E-state index < -0.39 is 23.5 Å². The highest BCUT2D eigenvalue weighted by Crippen LogP contribution is 2.18. The van der Waals surface area contributed by atoms with E-state index in [1.165, 1.54) is 6.08 Å². The molecule has 5 heteroatoms. The third-order valence-corrected chi connectivity index (χ3v) is 3.32. The highest BCUT2D eigenvalue weighted by atomic mass is 19.1. The van der Waals surface area contributed by atoms with E-state index in [9.17, 15) is 18.4 Å². The first-order chi connectivity index (χ1) is 11.4. The molecular formula is C19H17F2NO2. The molecule has 0 aliphatic rings. The zero-order valence-corrected chi connectivity index (χ0v) is 13.3. The first kappa shape index (κ1) is 17.5. The predicted octanol–water partition coefficient (Wildman–Crippen LogP) is 4.21. The van der Waals surface area contributed by atoms with Crippen LogP contribution in [0, 0.1) is 17.6 Å². The van der Waals surface area contributed by atoms with Crippen LogP contribution in [0.5, 0.6) is 0 Å². The summed E-state index contributed by atoms with van der Waals surface area (Å²) in [6.07, 6.45) is 1.46. The minimum absolute atomic E-state index is 0.0834. The maximum absolute atomic E-state index is 13.7. The van der Waals surface area contributed by atoms with E-state index in [2.05, 4.69) is 5.32 Å². The molecule has 2 aromatic carbocycles. The average molecular weight is 329 g/mol. The second kappa shape index (κ2) is 7.64. The molecule has 1 N–H and O–H groups in total. The SMILES string of the molecule is CC(C)C(=O)C(=Cc1ccccc1)C(=O)Nc1ccc(F)cc1F. The molecule has 0 heterocycles. The van der Waals surface area contributed by atoms with Gasteiger partial charge in [0.05, 0.1) is 11.3 Å². The van der Waals surface area contributed by atoms with Crippen molar-refractivity contribution in [1.82, 2.24) is 0 Å². The standard InChI is InChI=1S/C19H17F2NO2/c1-12(2)18(23)15(10-13-6-4-3-5-7-13)19(24)22-17-9-8-14(20)11-16(17)21/h3-12H,1-2H3,(H,22,24). The van der Waals surface area contributed by atoms with Crippen molar-refractivity contribution in [3.63, 3.8) is 0 Å². The Morgan fingerprint density at radius 1 is 1.04 bits per heavy atom. The largest absolute Gasteiger partial charge is 0.319 e. The molecule has 2 aromatic rings. The van der Waals surface area contributed by atoms with Crippen LogP contribution in [0.1, 0.15) is 19.4 Å². The Morgan fingerprint density at radius 3 is 2.29 bits per heavy atom. The summed E-state index contributed by atoms with van der Waals surface area (Å²) in [7, 11) is 0. The van der Waals surface area contributed by atoms with Crippen LogP contribution >= 0.6 is 0 Å². The van der Waals surface area contributed by atoms with E-state index in [-0.39, 0.29) is 17.0 Å². The van der Waals surface area contributed by atoms with Crippen LogP contribution in [0.15, 0.2) is 54.1 Å². The van der Waals surface area contributed by atoms with E-state index in [1.807, 2.05) is 6.07 Å². The van der Waals surface area contributed by atoms with Gasteiger partial charge in [-0.2, -0.15) is 0 Å². The lowest BCUT2D eigenvalue weighted by Gasteiger charge is -2.11. The van der Waals surface area contributed by atoms with Gasteiger partial charge in [-0.15, -0.1) is 0 Å². The van der Waals surface area contributed by atoms with E-state index >= 15 is 0 Å². The van der Waals surface area contributed by atoms with Gasteiger partial charge < -0.3 is 5.32 Å². The first-order valence-electron chi connectivity index (χ1n) is 7.46. The topological polar surface area (TPSA) is 46.2 Å². The molecule has 3 nitrogen and oxygen atoms in total. The number of benzene rings is 2. The molecule has 0 saturated heterocycles.